The molecular weight excluding hydrogens is 276 g/mol. The van der Waals surface area contributed by atoms with Crippen LogP contribution in [0, 0.1) is 6.92 Å². The van der Waals surface area contributed by atoms with E-state index in [2.05, 4.69) is 21.0 Å². The molecule has 2 rings (SSSR count). The lowest BCUT2D eigenvalue weighted by Gasteiger charge is -1.99. The summed E-state index contributed by atoms with van der Waals surface area (Å²) in [6.45, 7) is 2.25. The second-order valence-corrected chi connectivity index (χ2v) is 5.01. The number of Topliss-reactive ketones (excluding diaryl/α,β-unsaturated/α-hetero) is 1. The second kappa shape index (κ2) is 4.28. The van der Waals surface area contributed by atoms with E-state index in [-0.39, 0.29) is 5.78 Å². The maximum absolute atomic E-state index is 11.8. The van der Waals surface area contributed by atoms with Gasteiger partial charge < -0.3 is 0 Å². The number of aromatic nitrogens is 2. The standard InChI is InChI=1S/C10H9BrN2OS/c1-7-4-12-13(5-7)6-9(14)10-8(11)2-3-15-10/h2-5H,6H2,1H3. The van der Waals surface area contributed by atoms with Crippen molar-refractivity contribution in [2.75, 3.05) is 0 Å². The number of carbonyl (C=O) groups excluding carboxylic acids is 1. The van der Waals surface area contributed by atoms with Crippen molar-refractivity contribution in [1.82, 2.24) is 9.78 Å². The van der Waals surface area contributed by atoms with Gasteiger partial charge in [-0.25, -0.2) is 0 Å². The van der Waals surface area contributed by atoms with Crippen LogP contribution >= 0.6 is 27.3 Å². The first-order valence-electron chi connectivity index (χ1n) is 4.42. The number of halogens is 1. The summed E-state index contributed by atoms with van der Waals surface area (Å²) >= 11 is 4.79. The van der Waals surface area contributed by atoms with E-state index in [1.54, 1.807) is 10.9 Å². The molecule has 0 aliphatic carbocycles. The molecule has 0 aromatic carbocycles. The number of carbonyl (C=O) groups is 1. The summed E-state index contributed by atoms with van der Waals surface area (Å²) in [5.41, 5.74) is 1.06. The average Bonchev–Trinajstić information content (AvgIpc) is 2.75. The van der Waals surface area contributed by atoms with E-state index in [0.29, 0.717) is 6.54 Å². The molecule has 0 bridgehead atoms. The minimum Gasteiger partial charge on any atom is -0.291 e. The fraction of sp³-hybridized carbons (Fsp3) is 0.200. The Labute approximate surface area is 99.9 Å². The first-order chi connectivity index (χ1) is 7.16. The fourth-order valence-electron chi connectivity index (χ4n) is 1.27. The maximum Gasteiger partial charge on any atom is 0.195 e. The number of rotatable bonds is 3. The SMILES string of the molecule is Cc1cnn(CC(=O)c2sccc2Br)c1. The number of hydrogen-bond donors (Lipinski definition) is 0. The molecule has 0 amide bonds. The lowest BCUT2D eigenvalue weighted by molar-refractivity contribution is 0.0971. The van der Waals surface area contributed by atoms with E-state index < -0.39 is 0 Å². The van der Waals surface area contributed by atoms with E-state index in [9.17, 15) is 4.79 Å². The molecule has 0 radical (unpaired) electrons. The first-order valence-corrected chi connectivity index (χ1v) is 6.09. The molecule has 5 heteroatoms. The van der Waals surface area contributed by atoms with E-state index in [4.69, 9.17) is 0 Å². The van der Waals surface area contributed by atoms with Gasteiger partial charge in [-0.05, 0) is 39.9 Å². The smallest absolute Gasteiger partial charge is 0.195 e. The molecule has 0 fully saturated rings. The van der Waals surface area contributed by atoms with Gasteiger partial charge in [-0.3, -0.25) is 9.48 Å². The van der Waals surface area contributed by atoms with Crippen LogP contribution < -0.4 is 0 Å². The third-order valence-corrected chi connectivity index (χ3v) is 3.82. The molecule has 0 spiro atoms. The summed E-state index contributed by atoms with van der Waals surface area (Å²) in [5.74, 6) is 0.0833. The maximum atomic E-state index is 11.8. The van der Waals surface area contributed by atoms with Gasteiger partial charge >= 0.3 is 0 Å². The highest BCUT2D eigenvalue weighted by molar-refractivity contribution is 9.10. The minimum absolute atomic E-state index is 0.0833. The average molecular weight is 285 g/mol. The van der Waals surface area contributed by atoms with Crippen molar-refractivity contribution in [2.45, 2.75) is 13.5 Å². The van der Waals surface area contributed by atoms with Crippen molar-refractivity contribution in [3.63, 3.8) is 0 Å². The Kier molecular flexibility index (Phi) is 3.02. The van der Waals surface area contributed by atoms with Crippen LogP contribution in [-0.4, -0.2) is 15.6 Å². The van der Waals surface area contributed by atoms with Gasteiger partial charge in [0.1, 0.15) is 6.54 Å². The summed E-state index contributed by atoms with van der Waals surface area (Å²) in [6, 6.07) is 1.88. The Morgan fingerprint density at radius 1 is 1.67 bits per heavy atom. The van der Waals surface area contributed by atoms with Crippen molar-refractivity contribution in [1.29, 1.82) is 0 Å². The fourth-order valence-corrected chi connectivity index (χ4v) is 2.79. The van der Waals surface area contributed by atoms with Gasteiger partial charge in [0, 0.05) is 10.7 Å². The van der Waals surface area contributed by atoms with Crippen LogP contribution in [0.15, 0.2) is 28.3 Å². The van der Waals surface area contributed by atoms with Crippen LogP contribution in [0.5, 0.6) is 0 Å². The van der Waals surface area contributed by atoms with Crippen molar-refractivity contribution in [3.8, 4) is 0 Å². The molecule has 0 aliphatic rings. The molecule has 0 saturated carbocycles. The molecule has 0 saturated heterocycles. The van der Waals surface area contributed by atoms with Crippen molar-refractivity contribution < 1.29 is 4.79 Å². The lowest BCUT2D eigenvalue weighted by Crippen LogP contribution is -2.09. The molecule has 15 heavy (non-hydrogen) atoms. The largest absolute Gasteiger partial charge is 0.291 e. The van der Waals surface area contributed by atoms with E-state index in [1.807, 2.05) is 24.6 Å². The van der Waals surface area contributed by atoms with Gasteiger partial charge in [0.15, 0.2) is 5.78 Å². The van der Waals surface area contributed by atoms with Crippen LogP contribution in [-0.2, 0) is 6.54 Å². The number of nitrogens with zero attached hydrogens (tertiary/aromatic N) is 2. The predicted octanol–water partition coefficient (Wildman–Crippen LogP) is 2.90. The van der Waals surface area contributed by atoms with Crippen molar-refractivity contribution in [2.24, 2.45) is 0 Å². The topological polar surface area (TPSA) is 34.9 Å². The molecule has 2 aromatic rings. The highest BCUT2D eigenvalue weighted by Gasteiger charge is 2.12. The minimum atomic E-state index is 0.0833. The van der Waals surface area contributed by atoms with Crippen LogP contribution in [0.3, 0.4) is 0 Å². The first kappa shape index (κ1) is 10.6. The molecular formula is C10H9BrN2OS. The molecule has 0 aliphatic heterocycles. The summed E-state index contributed by atoms with van der Waals surface area (Å²) in [5, 5.41) is 5.97. The van der Waals surface area contributed by atoms with E-state index >= 15 is 0 Å². The Morgan fingerprint density at radius 2 is 2.47 bits per heavy atom. The Morgan fingerprint density at radius 3 is 3.00 bits per heavy atom. The lowest BCUT2D eigenvalue weighted by atomic mass is 10.3. The van der Waals surface area contributed by atoms with E-state index in [0.717, 1.165) is 14.9 Å². The van der Waals surface area contributed by atoms with Gasteiger partial charge in [0.05, 0.1) is 11.1 Å². The van der Waals surface area contributed by atoms with Gasteiger partial charge in [0.25, 0.3) is 0 Å². The summed E-state index contributed by atoms with van der Waals surface area (Å²) < 4.78 is 2.52. The Hall–Kier alpha value is -0.940. The van der Waals surface area contributed by atoms with Gasteiger partial charge in [0.2, 0.25) is 0 Å². The number of aryl methyl sites for hydroxylation is 1. The zero-order valence-corrected chi connectivity index (χ0v) is 10.5. The zero-order chi connectivity index (χ0) is 10.8. The number of thiophene rings is 1. The molecule has 2 heterocycles. The van der Waals surface area contributed by atoms with Gasteiger partial charge in [-0.2, -0.15) is 5.10 Å². The summed E-state index contributed by atoms with van der Waals surface area (Å²) in [7, 11) is 0. The third kappa shape index (κ3) is 2.35. The van der Waals surface area contributed by atoms with E-state index in [1.165, 1.54) is 11.3 Å². The van der Waals surface area contributed by atoms with Crippen LogP contribution in [0.25, 0.3) is 0 Å². The summed E-state index contributed by atoms with van der Waals surface area (Å²) in [6.07, 6.45) is 3.61. The Bertz CT molecular complexity index is 489. The van der Waals surface area contributed by atoms with Gasteiger partial charge in [-0.15, -0.1) is 11.3 Å². The van der Waals surface area contributed by atoms with Crippen molar-refractivity contribution in [3.05, 3.63) is 38.8 Å². The monoisotopic (exact) mass is 284 g/mol. The zero-order valence-electron chi connectivity index (χ0n) is 8.11. The number of ketones is 1. The number of hydrogen-bond acceptors (Lipinski definition) is 3. The van der Waals surface area contributed by atoms with Crippen LogP contribution in [0.2, 0.25) is 0 Å². The second-order valence-electron chi connectivity index (χ2n) is 3.24. The highest BCUT2D eigenvalue weighted by atomic mass is 79.9. The third-order valence-electron chi connectivity index (χ3n) is 1.94. The molecule has 78 valence electrons. The van der Waals surface area contributed by atoms with Crippen molar-refractivity contribution >= 4 is 33.0 Å². The molecule has 0 atom stereocenters. The van der Waals surface area contributed by atoms with Crippen LogP contribution in [0.4, 0.5) is 0 Å². The molecule has 0 N–H and O–H groups in total. The highest BCUT2D eigenvalue weighted by Crippen LogP contribution is 2.23. The van der Waals surface area contributed by atoms with Crippen LogP contribution in [0.1, 0.15) is 15.2 Å². The normalized spacial score (nSPS) is 10.5. The molecule has 0 unspecified atom stereocenters. The summed E-state index contributed by atoms with van der Waals surface area (Å²) in [4.78, 5) is 12.6. The molecule has 3 nitrogen and oxygen atoms in total. The quantitative estimate of drug-likeness (QED) is 0.813. The predicted molar refractivity (Wildman–Crippen MR) is 63.3 cm³/mol. The molecule has 2 aromatic heterocycles. The van der Waals surface area contributed by atoms with Gasteiger partial charge in [-0.1, -0.05) is 0 Å². The Balaban J connectivity index is 2.14.